The maximum atomic E-state index is 12.6. The van der Waals surface area contributed by atoms with Crippen molar-refractivity contribution >= 4 is 34.9 Å². The van der Waals surface area contributed by atoms with E-state index in [-0.39, 0.29) is 5.91 Å². The number of aromatic nitrogens is 3. The molecule has 142 valence electrons. The molecule has 3 aromatic rings. The highest BCUT2D eigenvalue weighted by Gasteiger charge is 2.23. The average Bonchev–Trinajstić information content (AvgIpc) is 2.74. The minimum absolute atomic E-state index is 0.0380. The van der Waals surface area contributed by atoms with E-state index in [9.17, 15) is 4.79 Å². The van der Waals surface area contributed by atoms with Crippen LogP contribution in [0, 0.1) is 0 Å². The normalized spacial score (nSPS) is 14.2. The molecule has 0 unspecified atom stereocenters. The van der Waals surface area contributed by atoms with Crippen LogP contribution in [0.5, 0.6) is 0 Å². The molecule has 0 bridgehead atoms. The summed E-state index contributed by atoms with van der Waals surface area (Å²) in [5.41, 5.74) is 2.13. The first kappa shape index (κ1) is 18.7. The average molecular weight is 414 g/mol. The number of rotatable bonds is 3. The quantitative estimate of drug-likeness (QED) is 0.610. The van der Waals surface area contributed by atoms with Gasteiger partial charge in [-0.15, -0.1) is 10.2 Å². The van der Waals surface area contributed by atoms with Crippen molar-refractivity contribution in [2.45, 2.75) is 0 Å². The topological polar surface area (TPSA) is 62.2 Å². The molecule has 0 spiro atoms. The fraction of sp³-hybridized carbons (Fsp3) is 0.200. The van der Waals surface area contributed by atoms with Crippen molar-refractivity contribution < 1.29 is 4.79 Å². The van der Waals surface area contributed by atoms with E-state index in [4.69, 9.17) is 23.2 Å². The van der Waals surface area contributed by atoms with Crippen molar-refractivity contribution in [3.63, 3.8) is 0 Å². The first-order valence-electron chi connectivity index (χ1n) is 8.86. The van der Waals surface area contributed by atoms with Gasteiger partial charge in [-0.1, -0.05) is 41.4 Å². The Labute approximate surface area is 172 Å². The highest BCUT2D eigenvalue weighted by atomic mass is 35.5. The van der Waals surface area contributed by atoms with Gasteiger partial charge in [-0.2, -0.15) is 0 Å². The van der Waals surface area contributed by atoms with Gasteiger partial charge in [0.1, 0.15) is 5.15 Å². The van der Waals surface area contributed by atoms with Crippen LogP contribution in [0.25, 0.3) is 11.3 Å². The number of hydrogen-bond acceptors (Lipinski definition) is 5. The van der Waals surface area contributed by atoms with E-state index in [1.807, 2.05) is 41.3 Å². The van der Waals surface area contributed by atoms with Gasteiger partial charge in [0.2, 0.25) is 0 Å². The van der Waals surface area contributed by atoms with Crippen molar-refractivity contribution in [1.82, 2.24) is 20.1 Å². The fourth-order valence-electron chi connectivity index (χ4n) is 3.13. The number of benzene rings is 1. The lowest BCUT2D eigenvalue weighted by atomic mass is 10.1. The van der Waals surface area contributed by atoms with E-state index in [0.717, 1.165) is 17.1 Å². The number of carbonyl (C=O) groups is 1. The van der Waals surface area contributed by atoms with Crippen LogP contribution in [0.3, 0.4) is 0 Å². The molecule has 4 rings (SSSR count). The molecule has 1 fully saturated rings. The lowest BCUT2D eigenvalue weighted by molar-refractivity contribution is 0.0746. The van der Waals surface area contributed by atoms with Gasteiger partial charge in [-0.05, 0) is 30.3 Å². The molecule has 3 heterocycles. The van der Waals surface area contributed by atoms with E-state index < -0.39 is 0 Å². The van der Waals surface area contributed by atoms with Gasteiger partial charge in [0, 0.05) is 37.9 Å². The minimum Gasteiger partial charge on any atom is -0.352 e. The number of piperazine rings is 1. The molecule has 28 heavy (non-hydrogen) atoms. The number of nitrogens with zero attached hydrogens (tertiary/aromatic N) is 5. The molecule has 8 heteroatoms. The van der Waals surface area contributed by atoms with Crippen LogP contribution in [-0.2, 0) is 0 Å². The SMILES string of the molecule is O=C(c1ccc(Cl)nc1)N1CCN(c2ccc(-c3ccccc3Cl)nn2)CC1. The van der Waals surface area contributed by atoms with Crippen LogP contribution in [0.2, 0.25) is 10.2 Å². The van der Waals surface area contributed by atoms with Crippen LogP contribution in [0.4, 0.5) is 5.82 Å². The summed E-state index contributed by atoms with van der Waals surface area (Å²) < 4.78 is 0. The Morgan fingerprint density at radius 1 is 0.893 bits per heavy atom. The molecule has 1 amide bonds. The number of pyridine rings is 1. The number of carbonyl (C=O) groups excluding carboxylic acids is 1. The summed E-state index contributed by atoms with van der Waals surface area (Å²) in [4.78, 5) is 20.5. The van der Waals surface area contributed by atoms with Gasteiger partial charge in [-0.25, -0.2) is 4.98 Å². The summed E-state index contributed by atoms with van der Waals surface area (Å²) in [6.45, 7) is 2.59. The van der Waals surface area contributed by atoms with E-state index in [0.29, 0.717) is 41.9 Å². The Morgan fingerprint density at radius 2 is 1.68 bits per heavy atom. The Hall–Kier alpha value is -2.70. The molecular weight excluding hydrogens is 397 g/mol. The maximum absolute atomic E-state index is 12.6. The van der Waals surface area contributed by atoms with E-state index in [2.05, 4.69) is 20.1 Å². The van der Waals surface area contributed by atoms with Crippen LogP contribution < -0.4 is 4.90 Å². The first-order valence-corrected chi connectivity index (χ1v) is 9.62. The minimum atomic E-state index is -0.0380. The zero-order chi connectivity index (χ0) is 19.5. The third-order valence-electron chi connectivity index (χ3n) is 4.67. The molecule has 0 saturated carbocycles. The van der Waals surface area contributed by atoms with Gasteiger partial charge in [-0.3, -0.25) is 4.79 Å². The predicted octanol–water partition coefficient (Wildman–Crippen LogP) is 3.81. The van der Waals surface area contributed by atoms with Crippen LogP contribution >= 0.6 is 23.2 Å². The molecule has 0 atom stereocenters. The van der Waals surface area contributed by atoms with Crippen molar-refractivity contribution in [2.75, 3.05) is 31.1 Å². The van der Waals surface area contributed by atoms with Crippen LogP contribution in [0.15, 0.2) is 54.7 Å². The lowest BCUT2D eigenvalue weighted by Gasteiger charge is -2.35. The van der Waals surface area contributed by atoms with Crippen LogP contribution in [-0.4, -0.2) is 52.2 Å². The second-order valence-corrected chi connectivity index (χ2v) is 7.20. The molecule has 0 radical (unpaired) electrons. The van der Waals surface area contributed by atoms with Crippen molar-refractivity contribution in [1.29, 1.82) is 0 Å². The van der Waals surface area contributed by atoms with Crippen LogP contribution in [0.1, 0.15) is 10.4 Å². The van der Waals surface area contributed by atoms with Crippen molar-refractivity contribution in [3.05, 3.63) is 70.5 Å². The summed E-state index contributed by atoms with van der Waals surface area (Å²) in [6, 6.07) is 14.7. The summed E-state index contributed by atoms with van der Waals surface area (Å²) in [5, 5.41) is 9.69. The molecule has 1 saturated heterocycles. The fourth-order valence-corrected chi connectivity index (χ4v) is 3.47. The Balaban J connectivity index is 1.40. The second kappa shape index (κ2) is 8.12. The molecular formula is C20H17Cl2N5O. The third-order valence-corrected chi connectivity index (χ3v) is 5.22. The number of hydrogen-bond donors (Lipinski definition) is 0. The van der Waals surface area contributed by atoms with Gasteiger partial charge in [0.05, 0.1) is 16.3 Å². The maximum Gasteiger partial charge on any atom is 0.255 e. The van der Waals surface area contributed by atoms with Gasteiger partial charge in [0.25, 0.3) is 5.91 Å². The smallest absolute Gasteiger partial charge is 0.255 e. The Kier molecular flexibility index (Phi) is 5.41. The predicted molar refractivity (Wildman–Crippen MR) is 110 cm³/mol. The van der Waals surface area contributed by atoms with Gasteiger partial charge in [0.15, 0.2) is 5.82 Å². The summed E-state index contributed by atoms with van der Waals surface area (Å²) >= 11 is 12.0. The molecule has 0 N–H and O–H groups in total. The molecule has 1 aliphatic heterocycles. The number of halogens is 2. The molecule has 0 aliphatic carbocycles. The molecule has 2 aromatic heterocycles. The highest BCUT2D eigenvalue weighted by molar-refractivity contribution is 6.33. The van der Waals surface area contributed by atoms with E-state index in [1.165, 1.54) is 6.20 Å². The molecule has 6 nitrogen and oxygen atoms in total. The summed E-state index contributed by atoms with van der Waals surface area (Å²) in [5.74, 6) is 0.750. The van der Waals surface area contributed by atoms with E-state index >= 15 is 0 Å². The molecule has 1 aromatic carbocycles. The second-order valence-electron chi connectivity index (χ2n) is 6.41. The number of amides is 1. The lowest BCUT2D eigenvalue weighted by Crippen LogP contribution is -2.49. The highest BCUT2D eigenvalue weighted by Crippen LogP contribution is 2.26. The van der Waals surface area contributed by atoms with Crippen molar-refractivity contribution in [3.8, 4) is 11.3 Å². The summed E-state index contributed by atoms with van der Waals surface area (Å²) in [6.07, 6.45) is 1.51. The zero-order valence-electron chi connectivity index (χ0n) is 14.9. The number of anilines is 1. The first-order chi connectivity index (χ1) is 13.6. The third kappa shape index (κ3) is 3.93. The zero-order valence-corrected chi connectivity index (χ0v) is 16.4. The Morgan fingerprint density at radius 3 is 2.32 bits per heavy atom. The van der Waals surface area contributed by atoms with Gasteiger partial charge < -0.3 is 9.80 Å². The van der Waals surface area contributed by atoms with Crippen molar-refractivity contribution in [2.24, 2.45) is 0 Å². The largest absolute Gasteiger partial charge is 0.352 e. The Bertz CT molecular complexity index is 971. The standard InChI is InChI=1S/C20H17Cl2N5O/c21-16-4-2-1-3-15(16)17-6-8-19(25-24-17)26-9-11-27(12-10-26)20(28)14-5-7-18(22)23-13-14/h1-8,13H,9-12H2. The van der Waals surface area contributed by atoms with E-state index in [1.54, 1.807) is 12.1 Å². The molecule has 1 aliphatic rings. The summed E-state index contributed by atoms with van der Waals surface area (Å²) in [7, 11) is 0. The monoisotopic (exact) mass is 413 g/mol. The van der Waals surface area contributed by atoms with Gasteiger partial charge >= 0.3 is 0 Å².